The standard InChI is InChI=1S/C26H24P2.2C20H11.2Ag/c1-5-13-23(14-6-1)27(24-15-7-2-8-16-24)21-22-28(25-17-9-3-10-18-25)26-19-11-4-12-20-26;2*1-2-14-8-5-9-17-12-18-10-15-6-3-4-7-16(15)11-19(18)13-20(14)17;;/h1-20H,21-22H2;2*3-13H;;/q;2*-1;2*+1/p+2. The Hall–Kier alpha value is -6.34. The van der Waals surface area contributed by atoms with Gasteiger partial charge in [0, 0.05) is 0 Å². The molecule has 0 aliphatic carbocycles. The van der Waals surface area contributed by atoms with E-state index >= 15 is 0 Å². The van der Waals surface area contributed by atoms with Gasteiger partial charge in [0.15, 0.2) is 0 Å². The molecule has 0 aliphatic heterocycles. The summed E-state index contributed by atoms with van der Waals surface area (Å²) in [5.74, 6) is 5.04. The third kappa shape index (κ3) is 11.5. The Balaban J connectivity index is 0.000000142. The summed E-state index contributed by atoms with van der Waals surface area (Å²) in [6.07, 6.45) is 17.4. The number of rotatable bonds is 7. The molecule has 0 aromatic heterocycles. The van der Waals surface area contributed by atoms with Crippen LogP contribution in [0, 0.1) is 24.7 Å². The van der Waals surface area contributed by atoms with E-state index in [-0.39, 0.29) is 44.8 Å². The summed E-state index contributed by atoms with van der Waals surface area (Å²) >= 11 is 0. The minimum Gasteiger partial charge on any atom is -0.366 e. The van der Waals surface area contributed by atoms with Crippen molar-refractivity contribution in [2.24, 2.45) is 0 Å². The molecule has 0 amide bonds. The van der Waals surface area contributed by atoms with Gasteiger partial charge in [-0.3, -0.25) is 11.8 Å². The average molecular weight is 1120 g/mol. The van der Waals surface area contributed by atoms with Crippen LogP contribution < -0.4 is 21.2 Å². The minimum atomic E-state index is -0.783. The number of benzene rings is 12. The van der Waals surface area contributed by atoms with E-state index < -0.39 is 15.8 Å². The first-order valence-electron chi connectivity index (χ1n) is 23.1. The molecule has 0 heterocycles. The molecule has 4 heteroatoms. The first kappa shape index (κ1) is 50.1. The molecule has 0 spiro atoms. The quantitative estimate of drug-likeness (QED) is 0.0491. The molecule has 0 radical (unpaired) electrons. The maximum atomic E-state index is 7.41. The summed E-state index contributed by atoms with van der Waals surface area (Å²) in [5, 5.41) is 20.4. The first-order valence-corrected chi connectivity index (χ1v) is 26.5. The molecule has 0 aliphatic rings. The molecule has 0 saturated heterocycles. The van der Waals surface area contributed by atoms with E-state index in [9.17, 15) is 0 Å². The Morgan fingerprint density at radius 2 is 0.500 bits per heavy atom. The van der Waals surface area contributed by atoms with Crippen LogP contribution in [0.2, 0.25) is 0 Å². The molecule has 0 saturated carbocycles. The van der Waals surface area contributed by atoms with Crippen LogP contribution in [0.25, 0.3) is 64.6 Å². The molecule has 12 rings (SSSR count). The van der Waals surface area contributed by atoms with Crippen molar-refractivity contribution in [3.05, 3.63) is 279 Å². The van der Waals surface area contributed by atoms with Gasteiger partial charge in [0.25, 0.3) is 0 Å². The van der Waals surface area contributed by atoms with Crippen molar-refractivity contribution in [2.45, 2.75) is 0 Å². The van der Waals surface area contributed by atoms with Crippen molar-refractivity contribution in [1.82, 2.24) is 0 Å². The fourth-order valence-corrected chi connectivity index (χ4v) is 15.6. The van der Waals surface area contributed by atoms with Gasteiger partial charge in [0.05, 0.1) is 37.1 Å². The van der Waals surface area contributed by atoms with E-state index in [0.717, 1.165) is 32.7 Å². The Labute approximate surface area is 445 Å². The smallest absolute Gasteiger partial charge is 0.366 e. The zero-order chi connectivity index (χ0) is 46.1. The van der Waals surface area contributed by atoms with Crippen molar-refractivity contribution in [3.8, 4) is 11.8 Å². The molecule has 12 aromatic carbocycles. The molecule has 12 aromatic rings. The second-order valence-electron chi connectivity index (χ2n) is 17.0. The monoisotopic (exact) mass is 1120 g/mol. The molecule has 0 nitrogen and oxygen atoms in total. The van der Waals surface area contributed by atoms with Gasteiger partial charge in [-0.15, -0.1) is 23.3 Å². The Bertz CT molecular complexity index is 3440. The van der Waals surface area contributed by atoms with Crippen molar-refractivity contribution in [3.63, 3.8) is 0 Å². The van der Waals surface area contributed by atoms with Gasteiger partial charge in [0.2, 0.25) is 0 Å². The summed E-state index contributed by atoms with van der Waals surface area (Å²) in [6, 6.07) is 90.9. The predicted octanol–water partition coefficient (Wildman–Crippen LogP) is 14.9. The molecule has 0 N–H and O–H groups in total. The molecular formula is C66H48Ag2P2+2. The van der Waals surface area contributed by atoms with Crippen molar-refractivity contribution < 1.29 is 44.8 Å². The van der Waals surface area contributed by atoms with Crippen molar-refractivity contribution in [1.29, 1.82) is 0 Å². The summed E-state index contributed by atoms with van der Waals surface area (Å²) < 4.78 is 0. The SMILES string of the molecule is [Ag+].[Ag+].[C-]#Cc1cccc2cc3cc4ccccc4cc3cc12.[C-]#Cc1cccc2cc3cc4ccccc4cc3cc12.c1ccc([PH+](CC[PH+](c2ccccc2)c2ccccc2)c2ccccc2)cc1. The van der Waals surface area contributed by atoms with Crippen molar-refractivity contribution in [2.75, 3.05) is 12.3 Å². The maximum Gasteiger partial charge on any atom is 1.00 e. The largest absolute Gasteiger partial charge is 1.00 e. The van der Waals surface area contributed by atoms with Gasteiger partial charge < -0.3 is 12.8 Å². The number of hydrogen-bond acceptors (Lipinski definition) is 0. The number of hydrogen-bond donors (Lipinski definition) is 0. The second-order valence-corrected chi connectivity index (χ2v) is 22.2. The maximum absolute atomic E-state index is 7.41. The van der Waals surface area contributed by atoms with Gasteiger partial charge in [0.1, 0.15) is 12.3 Å². The first-order chi connectivity index (χ1) is 33.6. The van der Waals surface area contributed by atoms with Crippen LogP contribution in [0.4, 0.5) is 0 Å². The van der Waals surface area contributed by atoms with Crippen molar-refractivity contribution >= 4 is 102 Å². The summed E-state index contributed by atoms with van der Waals surface area (Å²) in [5.41, 5.74) is 1.69. The Morgan fingerprint density at radius 3 is 0.786 bits per heavy atom. The number of fused-ring (bicyclic) bond motifs is 6. The van der Waals surface area contributed by atoms with E-state index in [4.69, 9.17) is 12.8 Å². The zero-order valence-electron chi connectivity index (χ0n) is 38.3. The molecule has 0 atom stereocenters. The molecule has 0 unspecified atom stereocenters. The van der Waals surface area contributed by atoms with Crippen LogP contribution in [0.3, 0.4) is 0 Å². The van der Waals surface area contributed by atoms with Gasteiger partial charge in [-0.2, -0.15) is 0 Å². The van der Waals surface area contributed by atoms with Crippen LogP contribution in [0.15, 0.2) is 255 Å². The van der Waals surface area contributed by atoms with Crippen LogP contribution in [0.1, 0.15) is 11.1 Å². The topological polar surface area (TPSA) is 0 Å². The van der Waals surface area contributed by atoms with E-state index in [1.54, 1.807) is 0 Å². The molecular weight excluding hydrogens is 1070 g/mol. The zero-order valence-corrected chi connectivity index (χ0v) is 43.2. The molecule has 0 bridgehead atoms. The normalized spacial score (nSPS) is 10.7. The molecule has 342 valence electrons. The average Bonchev–Trinajstić information content (AvgIpc) is 3.40. The van der Waals surface area contributed by atoms with E-state index in [0.29, 0.717) is 0 Å². The van der Waals surface area contributed by atoms with Gasteiger partial charge >= 0.3 is 44.8 Å². The van der Waals surface area contributed by atoms with Crippen LogP contribution in [-0.2, 0) is 44.8 Å². The molecule has 70 heavy (non-hydrogen) atoms. The Kier molecular flexibility index (Phi) is 17.2. The third-order valence-corrected chi connectivity index (χ3v) is 18.9. The molecule has 0 fully saturated rings. The van der Waals surface area contributed by atoms with Gasteiger partial charge in [-0.1, -0.05) is 168 Å². The third-order valence-electron chi connectivity index (χ3n) is 12.8. The van der Waals surface area contributed by atoms with Gasteiger partial charge in [-0.25, -0.2) is 0 Å². The van der Waals surface area contributed by atoms with E-state index in [1.165, 1.54) is 76.6 Å². The summed E-state index contributed by atoms with van der Waals surface area (Å²) in [7, 11) is -1.57. The fourth-order valence-electron chi connectivity index (χ4n) is 9.37. The van der Waals surface area contributed by atoms with Gasteiger partial charge in [-0.05, 0) is 139 Å². The van der Waals surface area contributed by atoms with E-state index in [2.05, 4.69) is 242 Å². The summed E-state index contributed by atoms with van der Waals surface area (Å²) in [6.45, 7) is 0. The van der Waals surface area contributed by atoms with E-state index in [1.807, 2.05) is 24.3 Å². The van der Waals surface area contributed by atoms with Crippen LogP contribution >= 0.6 is 15.8 Å². The second kappa shape index (κ2) is 24.0. The van der Waals surface area contributed by atoms with Crippen LogP contribution in [-0.4, -0.2) is 12.3 Å². The Morgan fingerprint density at radius 1 is 0.257 bits per heavy atom. The van der Waals surface area contributed by atoms with Crippen LogP contribution in [0.5, 0.6) is 0 Å². The summed E-state index contributed by atoms with van der Waals surface area (Å²) in [4.78, 5) is 0. The predicted molar refractivity (Wildman–Crippen MR) is 301 cm³/mol. The minimum absolute atomic E-state index is 0. The fraction of sp³-hybridized carbons (Fsp3) is 0.0303.